The van der Waals surface area contributed by atoms with Crippen LogP contribution in [-0.4, -0.2) is 70.8 Å². The lowest BCUT2D eigenvalue weighted by molar-refractivity contribution is -0.134. The lowest BCUT2D eigenvalue weighted by Gasteiger charge is -2.33. The van der Waals surface area contributed by atoms with Gasteiger partial charge in [0.15, 0.2) is 0 Å². The number of hydrogen-bond acceptors (Lipinski definition) is 5. The summed E-state index contributed by atoms with van der Waals surface area (Å²) in [4.78, 5) is 30.3. The highest BCUT2D eigenvalue weighted by atomic mass is 19.1. The zero-order valence-electron chi connectivity index (χ0n) is 16.8. The maximum Gasteiger partial charge on any atom is 0.325 e. The number of carbonyl (C=O) groups is 2. The third-order valence-corrected chi connectivity index (χ3v) is 5.35. The van der Waals surface area contributed by atoms with Gasteiger partial charge < -0.3 is 14.5 Å². The minimum Gasteiger partial charge on any atom is -0.471 e. The summed E-state index contributed by atoms with van der Waals surface area (Å²) in [7, 11) is 0. The average Bonchev–Trinajstić information content (AvgIpc) is 3.11. The number of urea groups is 1. The highest BCUT2D eigenvalue weighted by Gasteiger charge is 2.33. The van der Waals surface area contributed by atoms with Crippen LogP contribution in [0, 0.1) is 12.7 Å². The van der Waals surface area contributed by atoms with Crippen molar-refractivity contribution in [3.63, 3.8) is 0 Å². The van der Waals surface area contributed by atoms with Crippen LogP contribution >= 0.6 is 0 Å². The summed E-state index contributed by atoms with van der Waals surface area (Å²) in [5.41, 5.74) is 1.44. The summed E-state index contributed by atoms with van der Waals surface area (Å²) in [5, 5.41) is 8.01. The zero-order chi connectivity index (χ0) is 21.1. The second-order valence-corrected chi connectivity index (χ2v) is 7.57. The van der Waals surface area contributed by atoms with Gasteiger partial charge in [0.05, 0.1) is 12.2 Å². The Morgan fingerprint density at radius 2 is 1.93 bits per heavy atom. The van der Waals surface area contributed by atoms with Gasteiger partial charge in [-0.3, -0.25) is 9.69 Å². The highest BCUT2D eigenvalue weighted by molar-refractivity contribution is 5.96. The number of nitrogens with zero attached hydrogens (tertiary/aromatic N) is 5. The van der Waals surface area contributed by atoms with Crippen molar-refractivity contribution in [2.24, 2.45) is 0 Å². The Balaban J connectivity index is 1.32. The minimum atomic E-state index is -0.351. The first-order valence-corrected chi connectivity index (χ1v) is 10.1. The van der Waals surface area contributed by atoms with Crippen molar-refractivity contribution in [3.8, 4) is 5.88 Å². The number of aromatic nitrogens is 2. The van der Waals surface area contributed by atoms with Crippen molar-refractivity contribution in [2.45, 2.75) is 25.9 Å². The fourth-order valence-electron chi connectivity index (χ4n) is 3.73. The summed E-state index contributed by atoms with van der Waals surface area (Å²) < 4.78 is 19.0. The van der Waals surface area contributed by atoms with Crippen molar-refractivity contribution in [2.75, 3.05) is 37.6 Å². The lowest BCUT2D eigenvalue weighted by atomic mass is 10.1. The van der Waals surface area contributed by atoms with E-state index in [-0.39, 0.29) is 30.4 Å². The SMILES string of the molecule is Cc1ccc(OC2CCCN(C(=O)CN3CCN(c4ccc(F)cc4)C3=O)C2)nn1. The van der Waals surface area contributed by atoms with Gasteiger partial charge in [-0.25, -0.2) is 9.18 Å². The van der Waals surface area contributed by atoms with Crippen LogP contribution in [0.25, 0.3) is 0 Å². The van der Waals surface area contributed by atoms with Crippen LogP contribution < -0.4 is 9.64 Å². The Bertz CT molecular complexity index is 906. The topological polar surface area (TPSA) is 78.9 Å². The van der Waals surface area contributed by atoms with Gasteiger partial charge in [0.1, 0.15) is 18.5 Å². The van der Waals surface area contributed by atoms with E-state index in [0.29, 0.717) is 37.7 Å². The highest BCUT2D eigenvalue weighted by Crippen LogP contribution is 2.21. The van der Waals surface area contributed by atoms with Gasteiger partial charge >= 0.3 is 6.03 Å². The Kier molecular flexibility index (Phi) is 5.78. The molecule has 2 aliphatic rings. The molecular weight excluding hydrogens is 389 g/mol. The summed E-state index contributed by atoms with van der Waals surface area (Å²) in [6.07, 6.45) is 1.51. The molecule has 1 atom stereocenters. The number of benzene rings is 1. The van der Waals surface area contributed by atoms with Crippen LogP contribution in [-0.2, 0) is 4.79 Å². The van der Waals surface area contributed by atoms with Gasteiger partial charge in [-0.15, -0.1) is 5.10 Å². The van der Waals surface area contributed by atoms with Gasteiger partial charge in [-0.05, 0) is 50.1 Å². The summed E-state index contributed by atoms with van der Waals surface area (Å²) in [6.45, 7) is 3.90. The third kappa shape index (κ3) is 4.50. The third-order valence-electron chi connectivity index (χ3n) is 5.35. The van der Waals surface area contributed by atoms with Crippen LogP contribution in [0.5, 0.6) is 5.88 Å². The molecular formula is C21H24FN5O3. The standard InChI is InChI=1S/C21H24FN5O3/c1-15-4-9-19(24-23-15)30-18-3-2-10-25(13-18)20(28)14-26-11-12-27(21(26)29)17-7-5-16(22)6-8-17/h4-9,18H,2-3,10-14H2,1H3. The molecule has 2 aliphatic heterocycles. The molecule has 158 valence electrons. The second-order valence-electron chi connectivity index (χ2n) is 7.57. The molecule has 3 amide bonds. The van der Waals surface area contributed by atoms with E-state index < -0.39 is 0 Å². The monoisotopic (exact) mass is 413 g/mol. The van der Waals surface area contributed by atoms with Crippen molar-refractivity contribution in [3.05, 3.63) is 47.9 Å². The number of aryl methyl sites for hydroxylation is 1. The number of rotatable bonds is 5. The van der Waals surface area contributed by atoms with Gasteiger partial charge in [-0.2, -0.15) is 5.10 Å². The van der Waals surface area contributed by atoms with E-state index in [1.54, 1.807) is 28.0 Å². The number of hydrogen-bond donors (Lipinski definition) is 0. The Hall–Kier alpha value is -3.23. The fraction of sp³-hybridized carbons (Fsp3) is 0.429. The quantitative estimate of drug-likeness (QED) is 0.751. The van der Waals surface area contributed by atoms with E-state index in [1.165, 1.54) is 17.0 Å². The molecule has 0 spiro atoms. The number of piperidine rings is 1. The molecule has 0 bridgehead atoms. The van der Waals surface area contributed by atoms with Crippen molar-refractivity contribution in [1.29, 1.82) is 0 Å². The Labute approximate surface area is 174 Å². The average molecular weight is 413 g/mol. The predicted octanol–water partition coefficient (Wildman–Crippen LogP) is 2.24. The Morgan fingerprint density at radius 1 is 1.13 bits per heavy atom. The molecule has 9 heteroatoms. The maximum atomic E-state index is 13.1. The summed E-state index contributed by atoms with van der Waals surface area (Å²) in [6, 6.07) is 9.15. The van der Waals surface area contributed by atoms with Crippen molar-refractivity contribution in [1.82, 2.24) is 20.0 Å². The number of likely N-dealkylation sites (tertiary alicyclic amines) is 1. The molecule has 2 aromatic rings. The predicted molar refractivity (Wildman–Crippen MR) is 108 cm³/mol. The van der Waals surface area contributed by atoms with E-state index in [0.717, 1.165) is 18.5 Å². The number of amides is 3. The van der Waals surface area contributed by atoms with Crippen molar-refractivity contribution < 1.29 is 18.7 Å². The van der Waals surface area contributed by atoms with Crippen LogP contribution in [0.1, 0.15) is 18.5 Å². The summed E-state index contributed by atoms with van der Waals surface area (Å²) in [5.74, 6) is -0.00641. The Morgan fingerprint density at radius 3 is 2.67 bits per heavy atom. The minimum absolute atomic E-state index is 0.0214. The molecule has 0 saturated carbocycles. The zero-order valence-corrected chi connectivity index (χ0v) is 16.8. The molecule has 4 rings (SSSR count). The first kappa shape index (κ1) is 20.1. The smallest absolute Gasteiger partial charge is 0.325 e. The molecule has 8 nitrogen and oxygen atoms in total. The number of carbonyl (C=O) groups excluding carboxylic acids is 2. The molecule has 0 aliphatic carbocycles. The molecule has 1 aromatic carbocycles. The molecule has 30 heavy (non-hydrogen) atoms. The molecule has 2 saturated heterocycles. The number of anilines is 1. The van der Waals surface area contributed by atoms with E-state index in [9.17, 15) is 14.0 Å². The molecule has 3 heterocycles. The largest absolute Gasteiger partial charge is 0.471 e. The van der Waals surface area contributed by atoms with E-state index in [1.807, 2.05) is 13.0 Å². The fourth-order valence-corrected chi connectivity index (χ4v) is 3.73. The normalized spacial score (nSPS) is 19.3. The van der Waals surface area contributed by atoms with E-state index >= 15 is 0 Å². The van der Waals surface area contributed by atoms with Gasteiger partial charge in [-0.1, -0.05) is 0 Å². The maximum absolute atomic E-state index is 13.1. The van der Waals surface area contributed by atoms with Gasteiger partial charge in [0, 0.05) is 31.4 Å². The molecule has 0 N–H and O–H groups in total. The van der Waals surface area contributed by atoms with Crippen LogP contribution in [0.3, 0.4) is 0 Å². The number of halogens is 1. The molecule has 0 radical (unpaired) electrons. The molecule has 1 aromatic heterocycles. The van der Waals surface area contributed by atoms with Crippen LogP contribution in [0.2, 0.25) is 0 Å². The van der Waals surface area contributed by atoms with E-state index in [2.05, 4.69) is 10.2 Å². The van der Waals surface area contributed by atoms with Crippen LogP contribution in [0.15, 0.2) is 36.4 Å². The first-order valence-electron chi connectivity index (χ1n) is 10.1. The second kappa shape index (κ2) is 8.64. The van der Waals surface area contributed by atoms with Crippen molar-refractivity contribution >= 4 is 17.6 Å². The van der Waals surface area contributed by atoms with Crippen LogP contribution in [0.4, 0.5) is 14.9 Å². The molecule has 2 fully saturated rings. The number of ether oxygens (including phenoxy) is 1. The molecule has 1 unspecified atom stereocenters. The first-order chi connectivity index (χ1) is 14.5. The lowest BCUT2D eigenvalue weighted by Crippen LogP contribution is -2.48. The summed E-state index contributed by atoms with van der Waals surface area (Å²) >= 11 is 0. The van der Waals surface area contributed by atoms with Gasteiger partial charge in [0.25, 0.3) is 0 Å². The van der Waals surface area contributed by atoms with E-state index in [4.69, 9.17) is 4.74 Å². The van der Waals surface area contributed by atoms with Gasteiger partial charge in [0.2, 0.25) is 11.8 Å².